The molecule has 162 valence electrons. The van der Waals surface area contributed by atoms with E-state index in [0.717, 1.165) is 40.4 Å². The average Bonchev–Trinajstić information content (AvgIpc) is 3.59. The van der Waals surface area contributed by atoms with Gasteiger partial charge in [0.15, 0.2) is 0 Å². The monoisotopic (exact) mass is 446 g/mol. The second-order valence-electron chi connectivity index (χ2n) is 9.68. The van der Waals surface area contributed by atoms with Crippen molar-refractivity contribution >= 4 is 38.4 Å². The Bertz CT molecular complexity index is 2070. The predicted molar refractivity (Wildman–Crippen MR) is 140 cm³/mol. The largest absolute Gasteiger partial charge is 0.291 e. The van der Waals surface area contributed by atoms with E-state index in [4.69, 9.17) is 4.98 Å². The molecule has 0 unspecified atom stereocenters. The molecular weight excluding hydrogens is 428 g/mol. The lowest BCUT2D eigenvalue weighted by Crippen LogP contribution is -1.94. The van der Waals surface area contributed by atoms with E-state index in [1.165, 1.54) is 55.3 Å². The van der Waals surface area contributed by atoms with Crippen LogP contribution >= 0.6 is 0 Å². The number of fused-ring (bicyclic) bond motifs is 16. The third-order valence-electron chi connectivity index (χ3n) is 8.04. The Labute approximate surface area is 200 Å². The maximum Gasteiger partial charge on any atom is 0.146 e. The lowest BCUT2D eigenvalue weighted by molar-refractivity contribution is 1.16. The second kappa shape index (κ2) is 6.10. The molecule has 2 aliphatic rings. The molecule has 0 saturated carbocycles. The fraction of sp³-hybridized carbons (Fsp3) is 0.0645. The van der Waals surface area contributed by atoms with Gasteiger partial charge in [0.05, 0.1) is 17.2 Å². The number of aromatic nitrogens is 4. The van der Waals surface area contributed by atoms with E-state index in [9.17, 15) is 0 Å². The Kier molecular flexibility index (Phi) is 3.11. The molecule has 7 aromatic rings. The van der Waals surface area contributed by atoms with Gasteiger partial charge in [0.25, 0.3) is 0 Å². The average molecular weight is 447 g/mol. The van der Waals surface area contributed by atoms with Crippen LogP contribution in [0.1, 0.15) is 22.3 Å². The van der Waals surface area contributed by atoms with E-state index in [1.807, 2.05) is 30.9 Å². The van der Waals surface area contributed by atoms with E-state index in [0.29, 0.717) is 0 Å². The van der Waals surface area contributed by atoms with Gasteiger partial charge in [-0.15, -0.1) is 0 Å². The summed E-state index contributed by atoms with van der Waals surface area (Å²) in [5.74, 6) is 0. The van der Waals surface area contributed by atoms with Crippen molar-refractivity contribution < 1.29 is 0 Å². The number of pyridine rings is 3. The summed E-state index contributed by atoms with van der Waals surface area (Å²) < 4.78 is 2.26. The lowest BCUT2D eigenvalue weighted by atomic mass is 9.93. The van der Waals surface area contributed by atoms with Crippen molar-refractivity contribution in [3.05, 3.63) is 108 Å². The summed E-state index contributed by atoms with van der Waals surface area (Å²) >= 11 is 0. The fourth-order valence-electron chi connectivity index (χ4n) is 6.60. The zero-order valence-corrected chi connectivity index (χ0v) is 18.8. The molecule has 0 bridgehead atoms. The molecule has 0 atom stereocenters. The van der Waals surface area contributed by atoms with Crippen LogP contribution in [0.15, 0.2) is 85.5 Å². The van der Waals surface area contributed by atoms with Gasteiger partial charge in [-0.1, -0.05) is 48.5 Å². The van der Waals surface area contributed by atoms with Crippen LogP contribution in [-0.4, -0.2) is 19.4 Å². The molecule has 4 aromatic heterocycles. The van der Waals surface area contributed by atoms with Crippen LogP contribution < -0.4 is 0 Å². The molecule has 3 aromatic carbocycles. The molecule has 0 radical (unpaired) electrons. The summed E-state index contributed by atoms with van der Waals surface area (Å²) in [5.41, 5.74) is 15.4. The SMILES string of the molecule is c1ccc2c(c1)Cc1c-2ccc2c1Cc1ccc3c(c1-2)c1cnccc1n1c2ccncc2nc31. The molecule has 35 heavy (non-hydrogen) atoms. The van der Waals surface area contributed by atoms with Crippen molar-refractivity contribution in [2.45, 2.75) is 12.8 Å². The Hall–Kier alpha value is -4.57. The minimum absolute atomic E-state index is 0.912. The molecule has 0 amide bonds. The maximum atomic E-state index is 5.04. The first-order chi connectivity index (χ1) is 17.4. The molecule has 2 aliphatic carbocycles. The topological polar surface area (TPSA) is 43.1 Å². The molecule has 4 nitrogen and oxygen atoms in total. The van der Waals surface area contributed by atoms with Gasteiger partial charge in [-0.2, -0.15) is 0 Å². The first-order valence-electron chi connectivity index (χ1n) is 12.0. The van der Waals surface area contributed by atoms with Crippen molar-refractivity contribution in [1.82, 2.24) is 19.4 Å². The van der Waals surface area contributed by atoms with Crippen LogP contribution in [0.4, 0.5) is 0 Å². The van der Waals surface area contributed by atoms with E-state index in [2.05, 4.69) is 69.0 Å². The van der Waals surface area contributed by atoms with Crippen molar-refractivity contribution in [2.75, 3.05) is 0 Å². The van der Waals surface area contributed by atoms with Gasteiger partial charge in [0.2, 0.25) is 0 Å². The van der Waals surface area contributed by atoms with Gasteiger partial charge in [0.1, 0.15) is 11.2 Å². The lowest BCUT2D eigenvalue weighted by Gasteiger charge is -2.13. The normalized spacial score (nSPS) is 13.5. The van der Waals surface area contributed by atoms with Crippen LogP contribution in [0, 0.1) is 0 Å². The fourth-order valence-corrected chi connectivity index (χ4v) is 6.60. The van der Waals surface area contributed by atoms with E-state index >= 15 is 0 Å². The van der Waals surface area contributed by atoms with E-state index in [1.54, 1.807) is 0 Å². The highest BCUT2D eigenvalue weighted by Crippen LogP contribution is 2.50. The van der Waals surface area contributed by atoms with Gasteiger partial charge in [0, 0.05) is 34.7 Å². The molecular formula is C31H18N4. The minimum Gasteiger partial charge on any atom is -0.291 e. The third kappa shape index (κ3) is 2.11. The molecule has 0 saturated heterocycles. The predicted octanol–water partition coefficient (Wildman–Crippen LogP) is 6.73. The molecule has 4 heteroatoms. The number of hydrogen-bond donors (Lipinski definition) is 0. The van der Waals surface area contributed by atoms with Gasteiger partial charge in [-0.3, -0.25) is 14.4 Å². The van der Waals surface area contributed by atoms with Crippen LogP contribution in [0.3, 0.4) is 0 Å². The summed E-state index contributed by atoms with van der Waals surface area (Å²) in [6.07, 6.45) is 9.58. The zero-order valence-electron chi connectivity index (χ0n) is 18.8. The highest BCUT2D eigenvalue weighted by Gasteiger charge is 2.30. The maximum absolute atomic E-state index is 5.04. The Morgan fingerprint density at radius 2 is 1.43 bits per heavy atom. The molecule has 0 spiro atoms. The molecule has 9 rings (SSSR count). The van der Waals surface area contributed by atoms with E-state index < -0.39 is 0 Å². The van der Waals surface area contributed by atoms with Gasteiger partial charge in [-0.25, -0.2) is 4.98 Å². The van der Waals surface area contributed by atoms with Crippen LogP contribution in [0.2, 0.25) is 0 Å². The number of rotatable bonds is 0. The zero-order chi connectivity index (χ0) is 22.7. The third-order valence-corrected chi connectivity index (χ3v) is 8.04. The van der Waals surface area contributed by atoms with Gasteiger partial charge < -0.3 is 0 Å². The summed E-state index contributed by atoms with van der Waals surface area (Å²) in [5, 5.41) is 3.59. The molecule has 4 heterocycles. The number of hydrogen-bond acceptors (Lipinski definition) is 3. The standard InChI is InChI=1S/C31H18N4/c1-2-4-19-17(3-1)13-23-20(19)7-8-21-24(23)14-18-5-6-22-30(29(18)21)25-15-32-11-9-27(25)35-28-10-12-33-16-26(28)34-31(22)35/h1-12,15-16H,13-14H2. The van der Waals surface area contributed by atoms with Crippen LogP contribution in [0.25, 0.3) is 60.6 Å². The van der Waals surface area contributed by atoms with Crippen molar-refractivity contribution in [3.63, 3.8) is 0 Å². The van der Waals surface area contributed by atoms with Crippen molar-refractivity contribution in [2.24, 2.45) is 0 Å². The first kappa shape index (κ1) is 17.8. The van der Waals surface area contributed by atoms with Crippen molar-refractivity contribution in [1.29, 1.82) is 0 Å². The molecule has 0 fully saturated rings. The highest BCUT2D eigenvalue weighted by atomic mass is 15.0. The Balaban J connectivity index is 1.44. The smallest absolute Gasteiger partial charge is 0.146 e. The summed E-state index contributed by atoms with van der Waals surface area (Å²) in [7, 11) is 0. The Morgan fingerprint density at radius 1 is 0.629 bits per heavy atom. The minimum atomic E-state index is 0.912. The quantitative estimate of drug-likeness (QED) is 0.243. The van der Waals surface area contributed by atoms with Gasteiger partial charge in [-0.05, 0) is 69.5 Å². The molecule has 0 N–H and O–H groups in total. The van der Waals surface area contributed by atoms with Crippen LogP contribution in [-0.2, 0) is 12.8 Å². The summed E-state index contributed by atoms with van der Waals surface area (Å²) in [6.45, 7) is 0. The van der Waals surface area contributed by atoms with Crippen LogP contribution in [0.5, 0.6) is 0 Å². The van der Waals surface area contributed by atoms with Crippen molar-refractivity contribution in [3.8, 4) is 22.3 Å². The van der Waals surface area contributed by atoms with E-state index in [-0.39, 0.29) is 0 Å². The Morgan fingerprint density at radius 3 is 2.40 bits per heavy atom. The first-order valence-corrected chi connectivity index (χ1v) is 12.0. The molecule has 0 aliphatic heterocycles. The second-order valence-corrected chi connectivity index (χ2v) is 9.68. The summed E-state index contributed by atoms with van der Waals surface area (Å²) in [6, 6.07) is 22.2. The van der Waals surface area contributed by atoms with Gasteiger partial charge >= 0.3 is 0 Å². The number of benzene rings is 3. The summed E-state index contributed by atoms with van der Waals surface area (Å²) in [4.78, 5) is 13.9. The number of nitrogens with zero attached hydrogens (tertiary/aromatic N) is 4. The number of imidazole rings is 1. The highest BCUT2D eigenvalue weighted by molar-refractivity contribution is 6.20.